The fraction of sp³-hybridized carbons (Fsp3) is 0.772. The third kappa shape index (κ3) is 18.1. The number of fused-ring (bicyclic) bond motifs is 3. The van der Waals surface area contributed by atoms with Gasteiger partial charge in [-0.25, -0.2) is 4.79 Å². The van der Waals surface area contributed by atoms with E-state index in [0.29, 0.717) is 76.8 Å². The van der Waals surface area contributed by atoms with E-state index in [-0.39, 0.29) is 80.5 Å². The molecule has 4 aliphatic rings. The van der Waals surface area contributed by atoms with Crippen molar-refractivity contribution in [1.29, 1.82) is 0 Å². The smallest absolute Gasteiger partial charge is 0.329 e. The summed E-state index contributed by atoms with van der Waals surface area (Å²) in [6, 6.07) is -1.16. The number of rotatable bonds is 14. The molecule has 0 spiro atoms. The maximum Gasteiger partial charge on any atom is 0.329 e. The Bertz CT molecular complexity index is 1900. The van der Waals surface area contributed by atoms with Gasteiger partial charge in [-0.2, -0.15) is 0 Å². The van der Waals surface area contributed by atoms with Crippen LogP contribution in [0.5, 0.6) is 0 Å². The van der Waals surface area contributed by atoms with Gasteiger partial charge < -0.3 is 53.4 Å². The molecule has 4 rings (SSSR count). The Kier molecular flexibility index (Phi) is 26.3. The van der Waals surface area contributed by atoms with Gasteiger partial charge in [-0.05, 0) is 113 Å². The van der Waals surface area contributed by atoms with Crippen LogP contribution < -0.4 is 0 Å². The molecular formula is C57H91NO15. The SMILES string of the molecule is CCCOCCOC1C[C@@H]2CC[C@@H](C)[C@@](O)(O2)C(=O)C(=O)N2CCCC[C@H]2C(=O)O[C@H]([C@H](C)C[C@@H]2CC[C@@H](OCCO)[C@H](OC)C2)CC(=O)[C@H](C)/C=C(\C)[C@@H](O)C(OC)C(=O)[C@H](C)C[C@H](C)/C=C/C=C/C=C/1C. The van der Waals surface area contributed by atoms with E-state index >= 15 is 0 Å². The summed E-state index contributed by atoms with van der Waals surface area (Å²) in [5.74, 6) is -8.09. The second-order valence-corrected chi connectivity index (χ2v) is 21.4. The number of piperidine rings is 1. The lowest BCUT2D eigenvalue weighted by Crippen LogP contribution is -2.61. The predicted molar refractivity (Wildman–Crippen MR) is 276 cm³/mol. The van der Waals surface area contributed by atoms with Crippen molar-refractivity contribution in [3.05, 3.63) is 47.6 Å². The minimum atomic E-state index is -2.46. The summed E-state index contributed by atoms with van der Waals surface area (Å²) in [4.78, 5) is 72.7. The fourth-order valence-electron chi connectivity index (χ4n) is 10.9. The normalized spacial score (nSPS) is 37.3. The number of cyclic esters (lactones) is 1. The molecule has 3 fully saturated rings. The van der Waals surface area contributed by atoms with Crippen LogP contribution in [0.25, 0.3) is 0 Å². The number of ketones is 3. The van der Waals surface area contributed by atoms with E-state index < -0.39 is 77.8 Å². The molecule has 2 unspecified atom stereocenters. The van der Waals surface area contributed by atoms with Crippen LogP contribution in [0.2, 0.25) is 0 Å². The maximum absolute atomic E-state index is 14.6. The molecule has 15 atom stereocenters. The average molecular weight is 1030 g/mol. The number of esters is 1. The minimum Gasteiger partial charge on any atom is -0.460 e. The van der Waals surface area contributed by atoms with Crippen molar-refractivity contribution in [2.75, 3.05) is 53.8 Å². The zero-order chi connectivity index (χ0) is 53.8. The highest BCUT2D eigenvalue weighted by molar-refractivity contribution is 6.39. The zero-order valence-corrected chi connectivity index (χ0v) is 45.7. The topological polar surface area (TPSA) is 214 Å². The standard InChI is InChI=1S/C57H91NO15/c1-11-26-69-28-29-71-48-34-44-22-20-42(8)57(66,73-44)54(63)55(64)58-24-16-15-19-45(58)56(65)72-49(39(5)32-43-21-23-47(70-27-25-59)50(33-43)67-9)35-46(60)38(4)31-41(7)52(62)53(68-10)51(61)40(6)30-36(2)17-13-12-14-18-37(48)3/h12-14,17-18,31,36,38-40,42-45,47-50,52-53,59,62,66H,11,15-16,19-30,32-35H2,1-10H3/b14-12+,17-13+,37-18+,41-31+/t36-,38-,39-,40-,42-,43+,44+,45+,47-,48?,49+,50-,52-,53?,57-/m1/s1. The van der Waals surface area contributed by atoms with Crippen molar-refractivity contribution >= 4 is 29.2 Å². The van der Waals surface area contributed by atoms with Crippen molar-refractivity contribution in [3.8, 4) is 0 Å². The molecular weight excluding hydrogens is 939 g/mol. The van der Waals surface area contributed by atoms with E-state index in [1.807, 2.05) is 65.0 Å². The number of methoxy groups -OCH3 is 2. The van der Waals surface area contributed by atoms with E-state index in [1.165, 1.54) is 12.0 Å². The Labute approximate surface area is 435 Å². The Balaban J connectivity index is 1.71. The van der Waals surface area contributed by atoms with Gasteiger partial charge in [0, 0.05) is 58.0 Å². The number of ether oxygens (including phenoxy) is 7. The summed E-state index contributed by atoms with van der Waals surface area (Å²) in [6.45, 7) is 16.2. The predicted octanol–water partition coefficient (Wildman–Crippen LogP) is 6.99. The molecule has 0 aromatic heterocycles. The Morgan fingerprint density at radius 1 is 0.836 bits per heavy atom. The molecule has 0 radical (unpaired) electrons. The first-order chi connectivity index (χ1) is 34.8. The Hall–Kier alpha value is -3.45. The van der Waals surface area contributed by atoms with Crippen LogP contribution in [-0.2, 0) is 57.1 Å². The highest BCUT2D eigenvalue weighted by Crippen LogP contribution is 2.38. The summed E-state index contributed by atoms with van der Waals surface area (Å²) in [6.07, 6.45) is 12.6. The van der Waals surface area contributed by atoms with E-state index in [9.17, 15) is 39.3 Å². The third-order valence-corrected chi connectivity index (χ3v) is 15.5. The minimum absolute atomic E-state index is 0.000424. The number of aliphatic hydroxyl groups is 3. The number of hydrogen-bond acceptors (Lipinski definition) is 15. The second kappa shape index (κ2) is 30.9. The van der Waals surface area contributed by atoms with E-state index in [0.717, 1.165) is 18.4 Å². The van der Waals surface area contributed by atoms with Crippen molar-refractivity contribution in [3.63, 3.8) is 0 Å². The van der Waals surface area contributed by atoms with Gasteiger partial charge in [-0.15, -0.1) is 0 Å². The quantitative estimate of drug-likeness (QED) is 0.0692. The molecule has 16 heteroatoms. The molecule has 16 nitrogen and oxygen atoms in total. The van der Waals surface area contributed by atoms with Gasteiger partial charge in [-0.1, -0.05) is 78.0 Å². The third-order valence-electron chi connectivity index (χ3n) is 15.5. The highest BCUT2D eigenvalue weighted by atomic mass is 16.6. The first-order valence-electron chi connectivity index (χ1n) is 27.2. The summed E-state index contributed by atoms with van der Waals surface area (Å²) in [5.41, 5.74) is 1.25. The fourth-order valence-corrected chi connectivity index (χ4v) is 10.9. The van der Waals surface area contributed by atoms with Crippen LogP contribution in [0.15, 0.2) is 47.6 Å². The molecule has 1 saturated carbocycles. The van der Waals surface area contributed by atoms with Crippen LogP contribution in [0.1, 0.15) is 139 Å². The van der Waals surface area contributed by atoms with Crippen molar-refractivity contribution in [2.45, 2.75) is 193 Å². The lowest BCUT2D eigenvalue weighted by Gasteiger charge is -2.43. The summed E-state index contributed by atoms with van der Waals surface area (Å²) >= 11 is 0. The number of aliphatic hydroxyl groups excluding tert-OH is 2. The number of carbonyl (C=O) groups excluding carboxylic acids is 5. The molecule has 414 valence electrons. The van der Waals surface area contributed by atoms with Crippen molar-refractivity contribution in [1.82, 2.24) is 4.90 Å². The first-order valence-corrected chi connectivity index (χ1v) is 27.2. The molecule has 0 aromatic rings. The van der Waals surface area contributed by atoms with Gasteiger partial charge in [0.25, 0.3) is 11.7 Å². The van der Waals surface area contributed by atoms with Crippen LogP contribution in [0.3, 0.4) is 0 Å². The van der Waals surface area contributed by atoms with Gasteiger partial charge in [0.15, 0.2) is 5.78 Å². The maximum atomic E-state index is 14.6. The number of nitrogens with zero attached hydrogens (tertiary/aromatic N) is 1. The Morgan fingerprint density at radius 2 is 1.59 bits per heavy atom. The molecule has 3 aliphatic heterocycles. The average Bonchev–Trinajstić information content (AvgIpc) is 3.37. The number of carbonyl (C=O) groups is 5. The van der Waals surface area contributed by atoms with Crippen LogP contribution >= 0.6 is 0 Å². The summed E-state index contributed by atoms with van der Waals surface area (Å²) < 4.78 is 42.0. The molecule has 1 aliphatic carbocycles. The lowest BCUT2D eigenvalue weighted by atomic mass is 9.78. The van der Waals surface area contributed by atoms with E-state index in [1.54, 1.807) is 34.0 Å². The number of amides is 1. The van der Waals surface area contributed by atoms with E-state index in [4.69, 9.17) is 33.2 Å². The second-order valence-electron chi connectivity index (χ2n) is 21.4. The molecule has 3 N–H and O–H groups in total. The molecule has 0 aromatic carbocycles. The lowest BCUT2D eigenvalue weighted by molar-refractivity contribution is -0.266. The molecule has 2 saturated heterocycles. The van der Waals surface area contributed by atoms with Gasteiger partial charge >= 0.3 is 5.97 Å². The first kappa shape index (κ1) is 62.1. The number of Topliss-reactive ketones (excluding diaryl/α,β-unsaturated/α-hetero) is 3. The van der Waals surface area contributed by atoms with Gasteiger partial charge in [0.2, 0.25) is 5.79 Å². The number of allylic oxidation sites excluding steroid dienone is 6. The highest BCUT2D eigenvalue weighted by Gasteiger charge is 2.53. The number of hydrogen-bond donors (Lipinski definition) is 3. The van der Waals surface area contributed by atoms with Crippen LogP contribution in [-0.4, -0.2) is 158 Å². The largest absolute Gasteiger partial charge is 0.460 e. The Morgan fingerprint density at radius 3 is 2.29 bits per heavy atom. The zero-order valence-electron chi connectivity index (χ0n) is 45.7. The van der Waals surface area contributed by atoms with Crippen molar-refractivity contribution in [2.24, 2.45) is 35.5 Å². The molecule has 2 bridgehead atoms. The molecule has 73 heavy (non-hydrogen) atoms. The van der Waals surface area contributed by atoms with Crippen molar-refractivity contribution < 1.29 is 72.5 Å². The summed E-state index contributed by atoms with van der Waals surface area (Å²) in [7, 11) is 3.01. The van der Waals surface area contributed by atoms with Gasteiger partial charge in [0.1, 0.15) is 30.1 Å². The van der Waals surface area contributed by atoms with E-state index in [2.05, 4.69) is 0 Å². The molecule has 3 heterocycles. The molecule has 1 amide bonds. The monoisotopic (exact) mass is 1030 g/mol. The van der Waals surface area contributed by atoms with Crippen LogP contribution in [0, 0.1) is 35.5 Å². The van der Waals surface area contributed by atoms with Crippen LogP contribution in [0.4, 0.5) is 0 Å². The summed E-state index contributed by atoms with van der Waals surface area (Å²) in [5, 5.41) is 33.1. The van der Waals surface area contributed by atoms with Gasteiger partial charge in [-0.3, -0.25) is 19.2 Å². The van der Waals surface area contributed by atoms with Gasteiger partial charge in [0.05, 0.1) is 50.8 Å².